The van der Waals surface area contributed by atoms with Crippen molar-refractivity contribution in [3.05, 3.63) is 35.4 Å². The fourth-order valence-corrected chi connectivity index (χ4v) is 3.91. The Labute approximate surface area is 114 Å². The Morgan fingerprint density at radius 1 is 1.11 bits per heavy atom. The Hall–Kier alpha value is -1.16. The van der Waals surface area contributed by atoms with Gasteiger partial charge in [0.2, 0.25) is 0 Å². The van der Waals surface area contributed by atoms with Crippen LogP contribution in [0.25, 0.3) is 0 Å². The molecule has 1 aromatic rings. The van der Waals surface area contributed by atoms with Crippen molar-refractivity contribution in [3.8, 4) is 0 Å². The molecular formula is C15H20O3S. The molecule has 0 aromatic heterocycles. The fourth-order valence-electron chi connectivity index (χ4n) is 2.42. The lowest BCUT2D eigenvalue weighted by Gasteiger charge is -2.20. The maximum absolute atomic E-state index is 12.3. The topological polar surface area (TPSA) is 51.2 Å². The highest BCUT2D eigenvalue weighted by Gasteiger charge is 2.28. The van der Waals surface area contributed by atoms with E-state index in [2.05, 4.69) is 13.8 Å². The van der Waals surface area contributed by atoms with Crippen molar-refractivity contribution in [2.24, 2.45) is 5.92 Å². The van der Waals surface area contributed by atoms with Gasteiger partial charge in [-0.25, -0.2) is 8.42 Å². The molecule has 3 nitrogen and oxygen atoms in total. The Morgan fingerprint density at radius 3 is 2.11 bits per heavy atom. The molecule has 1 aromatic carbocycles. The van der Waals surface area contributed by atoms with Crippen molar-refractivity contribution in [2.45, 2.75) is 32.6 Å². The number of ketones is 1. The van der Waals surface area contributed by atoms with Crippen LogP contribution in [-0.4, -0.2) is 25.7 Å². The minimum absolute atomic E-state index is 0.0882. The second-order valence-corrected chi connectivity index (χ2v) is 7.87. The molecule has 0 aliphatic carbocycles. The van der Waals surface area contributed by atoms with E-state index in [4.69, 9.17) is 0 Å². The predicted molar refractivity (Wildman–Crippen MR) is 76.2 cm³/mol. The quantitative estimate of drug-likeness (QED) is 0.800. The molecule has 1 saturated heterocycles. The molecular weight excluding hydrogens is 260 g/mol. The van der Waals surface area contributed by atoms with Crippen molar-refractivity contribution in [1.82, 2.24) is 0 Å². The second kappa shape index (κ2) is 5.45. The highest BCUT2D eigenvalue weighted by Crippen LogP contribution is 2.24. The summed E-state index contributed by atoms with van der Waals surface area (Å²) in [7, 11) is -2.90. The monoisotopic (exact) mass is 280 g/mol. The molecule has 0 atom stereocenters. The summed E-state index contributed by atoms with van der Waals surface area (Å²) in [5, 5.41) is 0. The molecule has 4 heteroatoms. The third-order valence-corrected chi connectivity index (χ3v) is 5.50. The van der Waals surface area contributed by atoms with E-state index >= 15 is 0 Å². The summed E-state index contributed by atoms with van der Waals surface area (Å²) in [5.74, 6) is 0.698. The number of hydrogen-bond acceptors (Lipinski definition) is 3. The summed E-state index contributed by atoms with van der Waals surface area (Å²) in [6.07, 6.45) is 0.931. The molecule has 1 aliphatic heterocycles. The third-order valence-electron chi connectivity index (χ3n) is 3.79. The maximum Gasteiger partial charge on any atom is 0.166 e. The average molecular weight is 280 g/mol. The summed E-state index contributed by atoms with van der Waals surface area (Å²) in [5.41, 5.74) is 1.91. The lowest BCUT2D eigenvalue weighted by atomic mass is 9.91. The smallest absolute Gasteiger partial charge is 0.166 e. The van der Waals surface area contributed by atoms with Gasteiger partial charge in [-0.3, -0.25) is 4.79 Å². The van der Waals surface area contributed by atoms with E-state index in [0.29, 0.717) is 24.3 Å². The summed E-state index contributed by atoms with van der Waals surface area (Å²) in [4.78, 5) is 12.3. The van der Waals surface area contributed by atoms with Crippen LogP contribution in [0.15, 0.2) is 24.3 Å². The standard InChI is InChI=1S/C15H20O3S/c1-11(2)12-3-5-13(6-4-12)15(16)14-7-9-19(17,18)10-8-14/h3-6,11,14H,7-10H2,1-2H3. The number of carbonyl (C=O) groups excluding carboxylic acids is 1. The van der Waals surface area contributed by atoms with Crippen molar-refractivity contribution >= 4 is 15.6 Å². The predicted octanol–water partition coefficient (Wildman–Crippen LogP) is 2.82. The van der Waals surface area contributed by atoms with Gasteiger partial charge in [-0.15, -0.1) is 0 Å². The third kappa shape index (κ3) is 3.44. The second-order valence-electron chi connectivity index (χ2n) is 5.57. The van der Waals surface area contributed by atoms with Crippen molar-refractivity contribution in [3.63, 3.8) is 0 Å². The van der Waals surface area contributed by atoms with Gasteiger partial charge in [0.05, 0.1) is 11.5 Å². The normalized spacial score (nSPS) is 19.5. The first-order chi connectivity index (χ1) is 8.89. The fraction of sp³-hybridized carbons (Fsp3) is 0.533. The zero-order chi connectivity index (χ0) is 14.0. The molecule has 0 unspecified atom stereocenters. The lowest BCUT2D eigenvalue weighted by Crippen LogP contribution is -2.28. The van der Waals surface area contributed by atoms with Crippen LogP contribution in [0.2, 0.25) is 0 Å². The zero-order valence-electron chi connectivity index (χ0n) is 11.4. The number of hydrogen-bond donors (Lipinski definition) is 0. The molecule has 0 amide bonds. The van der Waals surface area contributed by atoms with Crippen LogP contribution in [0.1, 0.15) is 48.5 Å². The van der Waals surface area contributed by atoms with Crippen LogP contribution in [0.5, 0.6) is 0 Å². The van der Waals surface area contributed by atoms with E-state index in [1.807, 2.05) is 24.3 Å². The van der Waals surface area contributed by atoms with E-state index in [-0.39, 0.29) is 23.2 Å². The Morgan fingerprint density at radius 2 is 1.63 bits per heavy atom. The van der Waals surface area contributed by atoms with Gasteiger partial charge in [-0.2, -0.15) is 0 Å². The average Bonchev–Trinajstić information content (AvgIpc) is 2.38. The molecule has 2 rings (SSSR count). The summed E-state index contributed by atoms with van der Waals surface area (Å²) in [6, 6.07) is 7.69. The zero-order valence-corrected chi connectivity index (χ0v) is 12.2. The molecule has 19 heavy (non-hydrogen) atoms. The molecule has 1 fully saturated rings. The van der Waals surface area contributed by atoms with E-state index < -0.39 is 9.84 Å². The molecule has 0 radical (unpaired) electrons. The maximum atomic E-state index is 12.3. The molecule has 1 heterocycles. The lowest BCUT2D eigenvalue weighted by molar-refractivity contribution is 0.0912. The Balaban J connectivity index is 2.08. The van der Waals surface area contributed by atoms with Gasteiger partial charge >= 0.3 is 0 Å². The van der Waals surface area contributed by atoms with Crippen LogP contribution in [0.4, 0.5) is 0 Å². The molecule has 0 bridgehead atoms. The van der Waals surface area contributed by atoms with Gasteiger partial charge in [0.15, 0.2) is 5.78 Å². The highest BCUT2D eigenvalue weighted by atomic mass is 32.2. The van der Waals surface area contributed by atoms with Gasteiger partial charge in [0.1, 0.15) is 9.84 Å². The van der Waals surface area contributed by atoms with Gasteiger partial charge in [0.25, 0.3) is 0 Å². The molecule has 0 N–H and O–H groups in total. The van der Waals surface area contributed by atoms with E-state index in [1.54, 1.807) is 0 Å². The van der Waals surface area contributed by atoms with Crippen molar-refractivity contribution in [2.75, 3.05) is 11.5 Å². The van der Waals surface area contributed by atoms with Gasteiger partial charge in [0, 0.05) is 11.5 Å². The first-order valence-corrected chi connectivity index (χ1v) is 8.56. The first kappa shape index (κ1) is 14.3. The minimum Gasteiger partial charge on any atom is -0.294 e. The minimum atomic E-state index is -2.90. The van der Waals surface area contributed by atoms with Crippen LogP contribution < -0.4 is 0 Å². The molecule has 104 valence electrons. The molecule has 1 aliphatic rings. The van der Waals surface area contributed by atoms with E-state index in [0.717, 1.165) is 0 Å². The van der Waals surface area contributed by atoms with E-state index in [1.165, 1.54) is 5.56 Å². The largest absolute Gasteiger partial charge is 0.294 e. The van der Waals surface area contributed by atoms with Crippen LogP contribution in [0.3, 0.4) is 0 Å². The summed E-state index contributed by atoms with van der Waals surface area (Å²) < 4.78 is 22.7. The number of rotatable bonds is 3. The number of sulfone groups is 1. The molecule has 0 spiro atoms. The number of benzene rings is 1. The first-order valence-electron chi connectivity index (χ1n) is 6.73. The summed E-state index contributed by atoms with van der Waals surface area (Å²) >= 11 is 0. The Bertz CT molecular complexity index is 542. The van der Waals surface area contributed by atoms with Crippen LogP contribution in [0, 0.1) is 5.92 Å². The van der Waals surface area contributed by atoms with Crippen molar-refractivity contribution in [1.29, 1.82) is 0 Å². The SMILES string of the molecule is CC(C)c1ccc(C(=O)C2CCS(=O)(=O)CC2)cc1. The van der Waals surface area contributed by atoms with Gasteiger partial charge in [-0.1, -0.05) is 38.1 Å². The van der Waals surface area contributed by atoms with Gasteiger partial charge < -0.3 is 0 Å². The highest BCUT2D eigenvalue weighted by molar-refractivity contribution is 7.91. The van der Waals surface area contributed by atoms with E-state index in [9.17, 15) is 13.2 Å². The van der Waals surface area contributed by atoms with Crippen molar-refractivity contribution < 1.29 is 13.2 Å². The van der Waals surface area contributed by atoms with Crippen LogP contribution >= 0.6 is 0 Å². The number of Topliss-reactive ketones (excluding diaryl/α,β-unsaturated/α-hetero) is 1. The Kier molecular flexibility index (Phi) is 4.09. The van der Waals surface area contributed by atoms with Crippen LogP contribution in [-0.2, 0) is 9.84 Å². The summed E-state index contributed by atoms with van der Waals surface area (Å²) in [6.45, 7) is 4.23. The molecule has 0 saturated carbocycles. The van der Waals surface area contributed by atoms with Gasteiger partial charge in [-0.05, 0) is 24.3 Å². The number of carbonyl (C=O) groups is 1.